The van der Waals surface area contributed by atoms with Crippen molar-refractivity contribution in [3.05, 3.63) is 0 Å². The maximum Gasteiger partial charge on any atom is 0.0605 e. The van der Waals surface area contributed by atoms with E-state index in [0.29, 0.717) is 41.4 Å². The van der Waals surface area contributed by atoms with E-state index in [2.05, 4.69) is 34.6 Å². The van der Waals surface area contributed by atoms with Crippen molar-refractivity contribution < 1.29 is 15.3 Å². The Morgan fingerprint density at radius 2 is 1.59 bits per heavy atom. The topological polar surface area (TPSA) is 60.7 Å². The lowest BCUT2D eigenvalue weighted by atomic mass is 9.41. The van der Waals surface area contributed by atoms with Crippen LogP contribution in [0.25, 0.3) is 0 Å². The first-order valence-electron chi connectivity index (χ1n) is 12.7. The van der Waals surface area contributed by atoms with Gasteiger partial charge >= 0.3 is 0 Å². The van der Waals surface area contributed by atoms with E-state index in [4.69, 9.17) is 0 Å². The quantitative estimate of drug-likeness (QED) is 0.614. The summed E-state index contributed by atoms with van der Waals surface area (Å²) < 4.78 is 0. The average Bonchev–Trinajstić information content (AvgIpc) is 2.93. The molecule has 3 heteroatoms. The number of hydrogen-bond donors (Lipinski definition) is 3. The molecule has 0 aromatic carbocycles. The highest BCUT2D eigenvalue weighted by atomic mass is 16.3. The summed E-state index contributed by atoms with van der Waals surface area (Å²) in [7, 11) is 0. The van der Waals surface area contributed by atoms with Crippen LogP contribution in [0.4, 0.5) is 0 Å². The molecule has 0 saturated heterocycles. The van der Waals surface area contributed by atoms with Crippen LogP contribution in [0.2, 0.25) is 0 Å². The molecule has 0 aliphatic heterocycles. The second-order valence-electron chi connectivity index (χ2n) is 12.0. The van der Waals surface area contributed by atoms with E-state index in [-0.39, 0.29) is 29.1 Å². The lowest BCUT2D eigenvalue weighted by Crippen LogP contribution is -2.62. The van der Waals surface area contributed by atoms with Gasteiger partial charge in [0.1, 0.15) is 0 Å². The molecule has 0 bridgehead atoms. The maximum absolute atomic E-state index is 11.7. The minimum absolute atomic E-state index is 0.159. The predicted molar refractivity (Wildman–Crippen MR) is 117 cm³/mol. The largest absolute Gasteiger partial charge is 0.393 e. The molecule has 0 aromatic rings. The summed E-state index contributed by atoms with van der Waals surface area (Å²) in [5.74, 6) is 2.97. The molecule has 4 aliphatic rings. The standard InChI is InChI=1S/C26H46O3/c1-6-8-15(3)23-21(28)14-20-22-18(10-12-26(20,23)5)25(4)11-9-16(27)13-19(25)17(7-2)24(22)29/h15-24,27-29H,6-14H2,1-5H3/t15-,16-,17-,18?,19+,20?,21+,22?,23+,24?,25-,26+/m1/s1. The van der Waals surface area contributed by atoms with Crippen LogP contribution in [0.5, 0.6) is 0 Å². The molecule has 3 nitrogen and oxygen atoms in total. The van der Waals surface area contributed by atoms with E-state index in [0.717, 1.165) is 32.1 Å². The van der Waals surface area contributed by atoms with Gasteiger partial charge in [-0.05, 0) is 90.8 Å². The Balaban J connectivity index is 1.70. The van der Waals surface area contributed by atoms with Crippen LogP contribution >= 0.6 is 0 Å². The van der Waals surface area contributed by atoms with Gasteiger partial charge in [0.05, 0.1) is 18.3 Å². The molecule has 3 N–H and O–H groups in total. The molecule has 4 fully saturated rings. The average molecular weight is 407 g/mol. The van der Waals surface area contributed by atoms with Crippen molar-refractivity contribution in [3.8, 4) is 0 Å². The van der Waals surface area contributed by atoms with Gasteiger partial charge in [0.25, 0.3) is 0 Å². The number of rotatable bonds is 4. The number of fused-ring (bicyclic) bond motifs is 5. The fourth-order valence-corrected chi connectivity index (χ4v) is 9.68. The van der Waals surface area contributed by atoms with Crippen molar-refractivity contribution in [2.45, 2.75) is 111 Å². The SMILES string of the molecule is CCC[C@@H](C)[C@H]1[C@@H](O)CC2C3C(O)[C@H](CC)[C@@H]4C[C@H](O)CC[C@]4(C)C3CC[C@@]21C. The van der Waals surface area contributed by atoms with E-state index in [1.54, 1.807) is 0 Å². The van der Waals surface area contributed by atoms with Crippen LogP contribution in [-0.4, -0.2) is 33.6 Å². The molecule has 4 aliphatic carbocycles. The van der Waals surface area contributed by atoms with Gasteiger partial charge in [0.15, 0.2) is 0 Å². The van der Waals surface area contributed by atoms with Gasteiger partial charge < -0.3 is 15.3 Å². The first-order chi connectivity index (χ1) is 13.7. The van der Waals surface area contributed by atoms with E-state index in [1.807, 2.05) is 0 Å². The fourth-order valence-electron chi connectivity index (χ4n) is 9.68. The summed E-state index contributed by atoms with van der Waals surface area (Å²) in [4.78, 5) is 0. The molecule has 0 amide bonds. The van der Waals surface area contributed by atoms with Crippen LogP contribution in [0.3, 0.4) is 0 Å². The highest BCUT2D eigenvalue weighted by molar-refractivity contribution is 5.15. The first-order valence-corrected chi connectivity index (χ1v) is 12.7. The van der Waals surface area contributed by atoms with Crippen LogP contribution in [0.1, 0.15) is 92.4 Å². The van der Waals surface area contributed by atoms with Crippen molar-refractivity contribution in [2.75, 3.05) is 0 Å². The van der Waals surface area contributed by atoms with Crippen molar-refractivity contribution in [1.82, 2.24) is 0 Å². The van der Waals surface area contributed by atoms with E-state index in [1.165, 1.54) is 25.7 Å². The monoisotopic (exact) mass is 406 g/mol. The molecule has 4 rings (SSSR count). The fraction of sp³-hybridized carbons (Fsp3) is 1.00. The Morgan fingerprint density at radius 1 is 0.897 bits per heavy atom. The molecule has 0 aromatic heterocycles. The minimum atomic E-state index is -0.273. The van der Waals surface area contributed by atoms with Crippen LogP contribution in [0.15, 0.2) is 0 Å². The Kier molecular flexibility index (Phi) is 5.93. The predicted octanol–water partition coefficient (Wildman–Crippen LogP) is 5.02. The minimum Gasteiger partial charge on any atom is -0.393 e. The zero-order chi connectivity index (χ0) is 21.1. The van der Waals surface area contributed by atoms with Gasteiger partial charge in [-0.15, -0.1) is 0 Å². The van der Waals surface area contributed by atoms with E-state index in [9.17, 15) is 15.3 Å². The van der Waals surface area contributed by atoms with Gasteiger partial charge in [-0.2, -0.15) is 0 Å². The number of aliphatic hydroxyl groups excluding tert-OH is 3. The molecule has 0 heterocycles. The molecular weight excluding hydrogens is 360 g/mol. The van der Waals surface area contributed by atoms with Crippen LogP contribution in [-0.2, 0) is 0 Å². The summed E-state index contributed by atoms with van der Waals surface area (Å²) >= 11 is 0. The van der Waals surface area contributed by atoms with Crippen LogP contribution in [0, 0.1) is 52.3 Å². The smallest absolute Gasteiger partial charge is 0.0605 e. The molecule has 4 saturated carbocycles. The highest BCUT2D eigenvalue weighted by Gasteiger charge is 2.66. The summed E-state index contributed by atoms with van der Waals surface area (Å²) in [6.45, 7) is 11.8. The first kappa shape index (κ1) is 22.1. The van der Waals surface area contributed by atoms with Crippen molar-refractivity contribution >= 4 is 0 Å². The Bertz CT molecular complexity index is 593. The number of hydrogen-bond acceptors (Lipinski definition) is 3. The molecule has 0 spiro atoms. The second kappa shape index (κ2) is 7.78. The Morgan fingerprint density at radius 3 is 2.24 bits per heavy atom. The Hall–Kier alpha value is -0.120. The van der Waals surface area contributed by atoms with Crippen LogP contribution < -0.4 is 0 Å². The van der Waals surface area contributed by atoms with Gasteiger partial charge in [0, 0.05) is 0 Å². The van der Waals surface area contributed by atoms with Gasteiger partial charge in [0.2, 0.25) is 0 Å². The van der Waals surface area contributed by atoms with Crippen molar-refractivity contribution in [1.29, 1.82) is 0 Å². The van der Waals surface area contributed by atoms with Gasteiger partial charge in [-0.25, -0.2) is 0 Å². The highest BCUT2D eigenvalue weighted by Crippen LogP contribution is 2.69. The summed E-state index contributed by atoms with van der Waals surface area (Å²) in [6.07, 6.45) is 8.86. The normalized spacial score (nSPS) is 55.7. The molecule has 29 heavy (non-hydrogen) atoms. The van der Waals surface area contributed by atoms with Gasteiger partial charge in [-0.3, -0.25) is 0 Å². The molecule has 168 valence electrons. The summed E-state index contributed by atoms with van der Waals surface area (Å²) in [5.41, 5.74) is 0.398. The molecule has 4 unspecified atom stereocenters. The third-order valence-corrected chi connectivity index (χ3v) is 10.9. The lowest BCUT2D eigenvalue weighted by molar-refractivity contribution is -0.203. The Labute approximate surface area is 178 Å². The van der Waals surface area contributed by atoms with Gasteiger partial charge in [-0.1, -0.05) is 53.9 Å². The molecular formula is C26H46O3. The van der Waals surface area contributed by atoms with E-state index >= 15 is 0 Å². The van der Waals surface area contributed by atoms with Crippen molar-refractivity contribution in [2.24, 2.45) is 52.3 Å². The third kappa shape index (κ3) is 3.16. The molecule has 0 radical (unpaired) electrons. The lowest BCUT2D eigenvalue weighted by Gasteiger charge is -2.64. The zero-order valence-corrected chi connectivity index (χ0v) is 19.5. The molecule has 12 atom stereocenters. The summed E-state index contributed by atoms with van der Waals surface area (Å²) in [5, 5.41) is 33.3. The second-order valence-corrected chi connectivity index (χ2v) is 12.0. The number of aliphatic hydroxyl groups is 3. The summed E-state index contributed by atoms with van der Waals surface area (Å²) in [6, 6.07) is 0. The van der Waals surface area contributed by atoms with E-state index < -0.39 is 0 Å². The third-order valence-electron chi connectivity index (χ3n) is 10.9. The van der Waals surface area contributed by atoms with Crippen molar-refractivity contribution in [3.63, 3.8) is 0 Å². The zero-order valence-electron chi connectivity index (χ0n) is 19.5. The maximum atomic E-state index is 11.7.